The predicted molar refractivity (Wildman–Crippen MR) is 88.3 cm³/mol. The standard InChI is InChI=1S/C13H17N5O4.CH2O2/c14-13(15)17-7-10(19)18-9-3-1-2-8(6-9)12(22)16-5-4-11(20)21;2-1-3/h1-3,6H,4-5,7H2,(H,16,22)(H,18,19)(H,20,21)(H4,14,15,17);1H,(H,2,3). The third-order valence-corrected chi connectivity index (χ3v) is 2.47. The van der Waals surface area contributed by atoms with E-state index in [0.717, 1.165) is 0 Å². The lowest BCUT2D eigenvalue weighted by atomic mass is 10.2. The van der Waals surface area contributed by atoms with Crippen LogP contribution < -0.4 is 21.7 Å². The van der Waals surface area contributed by atoms with Crippen molar-refractivity contribution in [2.24, 2.45) is 5.73 Å². The number of aliphatic carboxylic acids is 1. The molecular formula is C14H19N5O6. The molecule has 25 heavy (non-hydrogen) atoms. The smallest absolute Gasteiger partial charge is 0.305 e. The minimum absolute atomic E-state index is 0.0211. The van der Waals surface area contributed by atoms with Gasteiger partial charge in [-0.1, -0.05) is 6.07 Å². The van der Waals surface area contributed by atoms with Gasteiger partial charge >= 0.3 is 5.97 Å². The Labute approximate surface area is 142 Å². The highest BCUT2D eigenvalue weighted by Gasteiger charge is 2.08. The Balaban J connectivity index is 0.00000178. The zero-order chi connectivity index (χ0) is 19.2. The zero-order valence-electron chi connectivity index (χ0n) is 13.1. The second-order valence-electron chi connectivity index (χ2n) is 4.40. The number of anilines is 1. The van der Waals surface area contributed by atoms with E-state index in [2.05, 4.69) is 16.0 Å². The molecular weight excluding hydrogens is 334 g/mol. The Morgan fingerprint density at radius 1 is 1.24 bits per heavy atom. The van der Waals surface area contributed by atoms with E-state index in [4.69, 9.17) is 26.2 Å². The zero-order valence-corrected chi connectivity index (χ0v) is 13.1. The van der Waals surface area contributed by atoms with Crippen LogP contribution in [0.15, 0.2) is 24.3 Å². The highest BCUT2D eigenvalue weighted by atomic mass is 16.4. The fourth-order valence-electron chi connectivity index (χ4n) is 1.50. The van der Waals surface area contributed by atoms with E-state index in [-0.39, 0.29) is 31.9 Å². The molecule has 0 saturated carbocycles. The summed E-state index contributed by atoms with van der Waals surface area (Å²) in [6.07, 6.45) is -0.168. The van der Waals surface area contributed by atoms with Gasteiger partial charge < -0.3 is 31.9 Å². The Morgan fingerprint density at radius 3 is 2.44 bits per heavy atom. The molecule has 0 aliphatic rings. The van der Waals surface area contributed by atoms with Crippen LogP contribution in [0, 0.1) is 5.41 Å². The highest BCUT2D eigenvalue weighted by molar-refractivity contribution is 5.98. The maximum atomic E-state index is 11.8. The van der Waals surface area contributed by atoms with Crippen LogP contribution in [0.2, 0.25) is 0 Å². The van der Waals surface area contributed by atoms with Gasteiger partial charge in [0.05, 0.1) is 13.0 Å². The first-order valence-electron chi connectivity index (χ1n) is 6.85. The number of carbonyl (C=O) groups is 4. The van der Waals surface area contributed by atoms with Gasteiger partial charge in [0.15, 0.2) is 5.96 Å². The Morgan fingerprint density at radius 2 is 1.88 bits per heavy atom. The van der Waals surface area contributed by atoms with E-state index in [0.29, 0.717) is 11.3 Å². The Kier molecular flexibility index (Phi) is 10.2. The number of guanidine groups is 1. The molecule has 0 heterocycles. The first-order valence-corrected chi connectivity index (χ1v) is 6.85. The van der Waals surface area contributed by atoms with Crippen molar-refractivity contribution in [3.05, 3.63) is 29.8 Å². The second kappa shape index (κ2) is 11.9. The van der Waals surface area contributed by atoms with E-state index in [1.165, 1.54) is 6.07 Å². The molecule has 0 aliphatic carbocycles. The van der Waals surface area contributed by atoms with Crippen molar-refractivity contribution in [3.8, 4) is 0 Å². The molecule has 0 atom stereocenters. The van der Waals surface area contributed by atoms with Crippen molar-refractivity contribution in [2.75, 3.05) is 18.4 Å². The molecule has 11 nitrogen and oxygen atoms in total. The third-order valence-electron chi connectivity index (χ3n) is 2.47. The molecule has 0 aromatic heterocycles. The van der Waals surface area contributed by atoms with Gasteiger partial charge in [0.1, 0.15) is 0 Å². The number of carboxylic acid groups (broad SMARTS) is 2. The van der Waals surface area contributed by atoms with E-state index in [9.17, 15) is 14.4 Å². The molecule has 1 aromatic carbocycles. The molecule has 2 amide bonds. The summed E-state index contributed by atoms with van der Waals surface area (Å²) in [5, 5.41) is 29.7. The molecule has 1 aromatic rings. The van der Waals surface area contributed by atoms with Crippen LogP contribution in [0.25, 0.3) is 0 Å². The molecule has 0 spiro atoms. The van der Waals surface area contributed by atoms with Gasteiger partial charge in [-0.2, -0.15) is 0 Å². The quantitative estimate of drug-likeness (QED) is 0.184. The summed E-state index contributed by atoms with van der Waals surface area (Å²) >= 11 is 0. The molecule has 0 fully saturated rings. The summed E-state index contributed by atoms with van der Waals surface area (Å²) in [4.78, 5) is 42.1. The topological polar surface area (TPSA) is 195 Å². The number of amides is 2. The molecule has 8 N–H and O–H groups in total. The van der Waals surface area contributed by atoms with E-state index in [1.54, 1.807) is 18.2 Å². The van der Waals surface area contributed by atoms with Crippen LogP contribution in [-0.2, 0) is 14.4 Å². The van der Waals surface area contributed by atoms with Crippen LogP contribution in [0.3, 0.4) is 0 Å². The summed E-state index contributed by atoms with van der Waals surface area (Å²) in [7, 11) is 0. The number of benzene rings is 1. The Bertz CT molecular complexity index is 634. The lowest BCUT2D eigenvalue weighted by Crippen LogP contribution is -2.36. The summed E-state index contributed by atoms with van der Waals surface area (Å²) in [5.74, 6) is -2.17. The predicted octanol–water partition coefficient (Wildman–Crippen LogP) is -0.987. The first kappa shape index (κ1) is 21.4. The molecule has 0 saturated heterocycles. The van der Waals surface area contributed by atoms with E-state index in [1.807, 2.05) is 0 Å². The van der Waals surface area contributed by atoms with Gasteiger partial charge in [0, 0.05) is 17.8 Å². The summed E-state index contributed by atoms with van der Waals surface area (Å²) in [6, 6.07) is 6.18. The lowest BCUT2D eigenvalue weighted by molar-refractivity contribution is -0.136. The molecule has 0 bridgehead atoms. The number of rotatable bonds is 7. The highest BCUT2D eigenvalue weighted by Crippen LogP contribution is 2.10. The number of nitrogens with one attached hydrogen (secondary N) is 4. The SMILES string of the molecule is N=C(N)NCC(=O)Nc1cccc(C(=O)NCCC(=O)O)c1.O=CO. The van der Waals surface area contributed by atoms with Crippen molar-refractivity contribution in [1.82, 2.24) is 10.6 Å². The van der Waals surface area contributed by atoms with E-state index >= 15 is 0 Å². The molecule has 0 unspecified atom stereocenters. The average molecular weight is 353 g/mol. The van der Waals surface area contributed by atoms with Crippen molar-refractivity contribution in [2.45, 2.75) is 6.42 Å². The second-order valence-corrected chi connectivity index (χ2v) is 4.40. The first-order chi connectivity index (χ1) is 11.8. The summed E-state index contributed by atoms with van der Waals surface area (Å²) in [6.45, 7) is -0.391. The van der Waals surface area contributed by atoms with Gasteiger partial charge in [-0.3, -0.25) is 24.6 Å². The molecule has 0 aliphatic heterocycles. The molecule has 11 heteroatoms. The van der Waals surface area contributed by atoms with Crippen molar-refractivity contribution >= 4 is 35.9 Å². The lowest BCUT2D eigenvalue weighted by Gasteiger charge is -2.08. The average Bonchev–Trinajstić information content (AvgIpc) is 2.53. The van der Waals surface area contributed by atoms with Crippen LogP contribution in [0.5, 0.6) is 0 Å². The minimum atomic E-state index is -1.00. The van der Waals surface area contributed by atoms with Gasteiger partial charge in [-0.25, -0.2) is 0 Å². The number of hydrogen-bond acceptors (Lipinski definition) is 5. The van der Waals surface area contributed by atoms with Crippen molar-refractivity contribution in [3.63, 3.8) is 0 Å². The number of hydrogen-bond donors (Lipinski definition) is 7. The largest absolute Gasteiger partial charge is 0.483 e. The minimum Gasteiger partial charge on any atom is -0.483 e. The summed E-state index contributed by atoms with van der Waals surface area (Å²) < 4.78 is 0. The van der Waals surface area contributed by atoms with Crippen LogP contribution in [-0.4, -0.2) is 53.5 Å². The molecule has 136 valence electrons. The monoisotopic (exact) mass is 353 g/mol. The van der Waals surface area contributed by atoms with Crippen LogP contribution >= 0.6 is 0 Å². The van der Waals surface area contributed by atoms with Gasteiger partial charge in [0.2, 0.25) is 5.91 Å². The van der Waals surface area contributed by atoms with Crippen molar-refractivity contribution in [1.29, 1.82) is 5.41 Å². The number of nitrogens with two attached hydrogens (primary N) is 1. The third kappa shape index (κ3) is 10.7. The van der Waals surface area contributed by atoms with Gasteiger partial charge in [0.25, 0.3) is 12.4 Å². The van der Waals surface area contributed by atoms with E-state index < -0.39 is 17.8 Å². The van der Waals surface area contributed by atoms with Gasteiger partial charge in [-0.15, -0.1) is 0 Å². The van der Waals surface area contributed by atoms with Gasteiger partial charge in [-0.05, 0) is 18.2 Å². The summed E-state index contributed by atoms with van der Waals surface area (Å²) in [5.41, 5.74) is 5.76. The van der Waals surface area contributed by atoms with Crippen LogP contribution in [0.1, 0.15) is 16.8 Å². The number of carboxylic acids is 1. The normalized spacial score (nSPS) is 8.96. The Hall–Kier alpha value is -3.63. The fourth-order valence-corrected chi connectivity index (χ4v) is 1.50. The number of carbonyl (C=O) groups excluding carboxylic acids is 2. The van der Waals surface area contributed by atoms with Crippen LogP contribution in [0.4, 0.5) is 5.69 Å². The maximum absolute atomic E-state index is 11.8. The fraction of sp³-hybridized carbons (Fsp3) is 0.214. The van der Waals surface area contributed by atoms with Crippen molar-refractivity contribution < 1.29 is 29.4 Å². The molecule has 1 rings (SSSR count). The molecule has 0 radical (unpaired) electrons. The maximum Gasteiger partial charge on any atom is 0.305 e.